The van der Waals surface area contributed by atoms with E-state index in [4.69, 9.17) is 32.9 Å². The zero-order valence-corrected chi connectivity index (χ0v) is 69.4. The molecule has 24 heteroatoms. The normalized spacial score (nSPS) is 28.9. The van der Waals surface area contributed by atoms with Crippen LogP contribution in [0.2, 0.25) is 96.7 Å². The van der Waals surface area contributed by atoms with E-state index in [2.05, 4.69) is 295 Å². The Morgan fingerprint density at radius 2 is 0.216 bits per heavy atom. The molecule has 4 rings (SSSR count). The minimum absolute atomic E-state index is 0.462. The van der Waals surface area contributed by atoms with E-state index in [0.29, 0.717) is 96.7 Å². The lowest BCUT2D eigenvalue weighted by Crippen LogP contribution is -3.06. The van der Waals surface area contributed by atoms with E-state index in [1.165, 1.54) is 0 Å². The molecule has 88 heavy (non-hydrogen) atoms. The van der Waals surface area contributed by atoms with Crippen LogP contribution >= 0.6 is 0 Å². The van der Waals surface area contributed by atoms with Gasteiger partial charge in [0.15, 0.2) is 0 Å². The lowest BCUT2D eigenvalue weighted by molar-refractivity contribution is 0.125. The summed E-state index contributed by atoms with van der Waals surface area (Å²) in [6, 6.07) is 8.60. The third-order valence-electron chi connectivity index (χ3n) is 21.2. The molecule has 0 atom stereocenters. The number of fused-ring (bicyclic) bond motifs is 4. The minimum Gasteiger partial charge on any atom is -0.414 e. The lowest BCUT2D eigenvalue weighted by atomic mass is 10.9. The highest BCUT2D eigenvalue weighted by Crippen LogP contribution is 2.67. The van der Waals surface area contributed by atoms with Crippen molar-refractivity contribution in [3.05, 3.63) is 295 Å². The second-order valence-electron chi connectivity index (χ2n) is 24.6. The Morgan fingerprint density at radius 3 is 0.273 bits per heavy atom. The predicted molar refractivity (Wildman–Crippen MR) is 422 cm³/mol. The Hall–Kier alpha value is -3.09. The summed E-state index contributed by atoms with van der Waals surface area (Å²) in [6.07, 6.45) is 0. The van der Waals surface area contributed by atoms with Crippen molar-refractivity contribution in [1.82, 2.24) is 0 Å². The van der Waals surface area contributed by atoms with Gasteiger partial charge in [-0.3, -0.25) is 0 Å². The average molecular weight is 1450 g/mol. The first-order valence-electron chi connectivity index (χ1n) is 30.6. The van der Waals surface area contributed by atoms with E-state index in [9.17, 15) is 0 Å². The summed E-state index contributed by atoms with van der Waals surface area (Å²) in [5.74, 6) is 0. The summed E-state index contributed by atoms with van der Waals surface area (Å²) in [4.78, 5) is 0. The molecule has 4 heterocycles. The average Bonchev–Trinajstić information content (AvgIpc) is 0.936. The highest BCUT2D eigenvalue weighted by atomic mass is 29.5. The van der Waals surface area contributed by atoms with Gasteiger partial charge in [-0.1, -0.05) is 137 Å². The van der Waals surface area contributed by atoms with E-state index in [-0.39, 0.29) is 0 Å². The highest BCUT2D eigenvalue weighted by Gasteiger charge is 2.97. The third-order valence-corrected chi connectivity index (χ3v) is 120. The van der Waals surface area contributed by atoms with Gasteiger partial charge in [-0.25, -0.2) is 0 Å². The van der Waals surface area contributed by atoms with Gasteiger partial charge in [-0.2, -0.15) is 0 Å². The molecule has 472 valence electrons. The summed E-state index contributed by atoms with van der Waals surface area (Å²) < 4.78 is 72.9. The van der Waals surface area contributed by atoms with E-state index in [0.717, 1.165) is 0 Å². The smallest absolute Gasteiger partial charge is 0.365 e. The lowest BCUT2D eigenvalue weighted by Gasteiger charge is -2.77. The summed E-state index contributed by atoms with van der Waals surface area (Å²) in [6.45, 7) is 107. The van der Waals surface area contributed by atoms with Crippen molar-refractivity contribution in [2.45, 2.75) is 96.7 Å². The second-order valence-corrected chi connectivity index (χ2v) is 97.1. The number of rotatable bonds is 48. The summed E-state index contributed by atoms with van der Waals surface area (Å²) in [5.41, 5.74) is 49.4. The molecule has 0 saturated carbocycles. The van der Waals surface area contributed by atoms with Gasteiger partial charge in [0.1, 0.15) is 64.6 Å². The Balaban J connectivity index is 2.26. The first kappa shape index (κ1) is 75.6. The summed E-state index contributed by atoms with van der Waals surface area (Å²) in [7, 11) is -54.9. The van der Waals surface area contributed by atoms with Crippen LogP contribution in [0.5, 0.6) is 0 Å². The van der Waals surface area contributed by atoms with Crippen LogP contribution in [0.1, 0.15) is 0 Å². The molecule has 0 aliphatic carbocycles. The standard InChI is InChI=1S/C64H104O8Si16/c1-25-73(26-2,27-3)49-57-81-65-83(59-51-75(31-7,32-8)33-9)69-87(63-55-79(43-19,44-20)45-21)70-84(66-81,60-52-76(34-10,35-11)36-12)86(62-54-78(40-16,41-17)42-18)68-82(81,58-50-74(28-4,29-5)30-6)67-85(83,61-53-77(37-13,38-14)39-15)71-88(87,72-86)64-56-80(46-22,47-23)48-24/h25-48H,1-24,49-64H2. The first-order chi connectivity index (χ1) is 41.8. The van der Waals surface area contributed by atoms with E-state index in [1.807, 2.05) is 0 Å². The van der Waals surface area contributed by atoms with E-state index >= 15 is 0 Å². The Bertz CT molecular complexity index is 2160. The van der Waals surface area contributed by atoms with Crippen LogP contribution in [0.3, 0.4) is 0 Å². The maximum absolute atomic E-state index is 9.11. The van der Waals surface area contributed by atoms with Crippen molar-refractivity contribution >= 4 is 129 Å². The van der Waals surface area contributed by atoms with Crippen molar-refractivity contribution in [1.29, 1.82) is 0 Å². The molecular formula is C64H104O8Si16. The molecular weight excluding hydrogens is 1350 g/mol. The third kappa shape index (κ3) is 12.7. The Labute approximate surface area is 548 Å². The van der Waals surface area contributed by atoms with Crippen molar-refractivity contribution in [2.24, 2.45) is 0 Å². The fourth-order valence-electron chi connectivity index (χ4n) is 13.4. The van der Waals surface area contributed by atoms with Gasteiger partial charge in [-0.05, 0) is 96.7 Å². The van der Waals surface area contributed by atoms with Gasteiger partial charge in [0, 0.05) is 0 Å². The topological polar surface area (TPSA) is 73.8 Å². The van der Waals surface area contributed by atoms with Gasteiger partial charge in [0.25, 0.3) is 0 Å². The van der Waals surface area contributed by atoms with Gasteiger partial charge in [0.2, 0.25) is 0 Å². The summed E-state index contributed by atoms with van der Waals surface area (Å²) in [5, 5.41) is 0. The fourth-order valence-corrected chi connectivity index (χ4v) is 159. The van der Waals surface area contributed by atoms with Crippen LogP contribution in [0.15, 0.2) is 295 Å². The number of hydrogen-bond donors (Lipinski definition) is 0. The van der Waals surface area contributed by atoms with Crippen molar-refractivity contribution in [3.8, 4) is 0 Å². The molecule has 0 bridgehead atoms. The monoisotopic (exact) mass is 1450 g/mol. The second kappa shape index (κ2) is 29.0. The maximum Gasteiger partial charge on any atom is 0.365 e. The molecule has 0 radical (unpaired) electrons. The molecule has 0 aromatic heterocycles. The molecule has 0 amide bonds. The van der Waals surface area contributed by atoms with Crippen LogP contribution in [0, 0.1) is 0 Å². The predicted octanol–water partition coefficient (Wildman–Crippen LogP) is 17.0. The minimum atomic E-state index is -4.16. The Morgan fingerprint density at radius 1 is 0.148 bits per heavy atom. The molecule has 4 fully saturated rings. The maximum atomic E-state index is 9.11. The molecule has 0 N–H and O–H groups in total. The van der Waals surface area contributed by atoms with E-state index < -0.39 is 129 Å². The van der Waals surface area contributed by atoms with Crippen LogP contribution < -0.4 is 0 Å². The Kier molecular flexibility index (Phi) is 25.0. The molecule has 4 saturated heterocycles. The zero-order chi connectivity index (χ0) is 65.9. The number of hydrogen-bond acceptors (Lipinski definition) is 8. The SMILES string of the molecule is C=C[Si](C=C)(C=C)CC[Si]12O[Si]3(CC[Si](C=C)(C=C)C=C)O[Si]4(CC[Si](C=C)(C=C)C=C)O[Si](CC[Si](C=C)(C=C)C=C)(O1)[Si]1(CC[Si](C=C)(C=C)C=C)O[Si]2(CC[Si](C=C)(C=C)C=C)O[Si]3(CC[Si](C=C)(C=C)C=C)O[Si]4(CC[Si](C=C)(C=C)C=C)O1. The summed E-state index contributed by atoms with van der Waals surface area (Å²) >= 11 is 0. The van der Waals surface area contributed by atoms with Crippen LogP contribution in [-0.4, -0.2) is 129 Å². The zero-order valence-electron chi connectivity index (χ0n) is 53.4. The fraction of sp³-hybridized carbons (Fsp3) is 0.250. The van der Waals surface area contributed by atoms with Gasteiger partial charge < -0.3 is 32.9 Å². The largest absolute Gasteiger partial charge is 0.414 e. The quantitative estimate of drug-likeness (QED) is 0.0558. The van der Waals surface area contributed by atoms with Gasteiger partial charge in [-0.15, -0.1) is 158 Å². The molecule has 0 aromatic carbocycles. The van der Waals surface area contributed by atoms with Crippen molar-refractivity contribution in [3.63, 3.8) is 0 Å². The molecule has 4 aliphatic heterocycles. The van der Waals surface area contributed by atoms with Crippen LogP contribution in [0.4, 0.5) is 0 Å². The molecule has 0 unspecified atom stereocenters. The van der Waals surface area contributed by atoms with Crippen molar-refractivity contribution in [2.75, 3.05) is 0 Å². The molecule has 4 aliphatic rings. The molecule has 0 spiro atoms. The van der Waals surface area contributed by atoms with Crippen LogP contribution in [-0.2, 0) is 32.9 Å². The molecule has 8 nitrogen and oxygen atoms in total. The van der Waals surface area contributed by atoms with Crippen LogP contribution in [0.25, 0.3) is 0 Å². The van der Waals surface area contributed by atoms with Gasteiger partial charge >= 0.3 is 64.6 Å². The van der Waals surface area contributed by atoms with Gasteiger partial charge in [0.05, 0.1) is 0 Å². The first-order valence-corrected chi connectivity index (χ1v) is 70.4. The molecule has 0 aromatic rings. The van der Waals surface area contributed by atoms with Crippen molar-refractivity contribution < 1.29 is 32.9 Å². The highest BCUT2D eigenvalue weighted by molar-refractivity contribution is 7.60. The van der Waals surface area contributed by atoms with E-state index in [1.54, 1.807) is 0 Å².